The van der Waals surface area contributed by atoms with Crippen molar-refractivity contribution in [3.05, 3.63) is 22.8 Å². The fraction of sp³-hybridized carbons (Fsp3) is 0.500. The number of rotatable bonds is 1. The smallest absolute Gasteiger partial charge is 0.0873 e. The van der Waals surface area contributed by atoms with Gasteiger partial charge < -0.3 is 5.11 Å². The molecule has 0 unspecified atom stereocenters. The number of aromatic nitrogens is 2. The van der Waals surface area contributed by atoms with Crippen molar-refractivity contribution in [2.75, 3.05) is 0 Å². The van der Waals surface area contributed by atoms with Crippen LogP contribution in [0.5, 0.6) is 0 Å². The molecule has 1 aromatic heterocycles. The van der Waals surface area contributed by atoms with Crippen molar-refractivity contribution in [3.8, 4) is 0 Å². The Kier molecular flexibility index (Phi) is 2.19. The molecule has 0 bridgehead atoms. The molecule has 0 saturated carbocycles. The molecule has 0 fully saturated rings. The van der Waals surface area contributed by atoms with Crippen molar-refractivity contribution >= 4 is 0 Å². The van der Waals surface area contributed by atoms with Gasteiger partial charge in [-0.2, -0.15) is 0 Å². The predicted octanol–water partition coefficient (Wildman–Crippen LogP) is 0.894. The zero-order chi connectivity index (χ0) is 8.43. The fourth-order valence-electron chi connectivity index (χ4n) is 0.911. The summed E-state index contributed by atoms with van der Waals surface area (Å²) in [6.07, 6.45) is 0. The number of nitrogens with zero attached hydrogens (tertiary/aromatic N) is 2. The van der Waals surface area contributed by atoms with Crippen molar-refractivity contribution in [3.63, 3.8) is 0 Å². The quantitative estimate of drug-likeness (QED) is 0.650. The Hall–Kier alpha value is -0.960. The summed E-state index contributed by atoms with van der Waals surface area (Å²) >= 11 is 0. The predicted molar refractivity (Wildman–Crippen MR) is 42.2 cm³/mol. The second-order valence-corrected chi connectivity index (χ2v) is 2.58. The van der Waals surface area contributed by atoms with Gasteiger partial charge in [0.05, 0.1) is 29.4 Å². The van der Waals surface area contributed by atoms with E-state index >= 15 is 0 Å². The van der Waals surface area contributed by atoms with E-state index in [1.165, 1.54) is 0 Å². The third kappa shape index (κ3) is 1.54. The molecule has 11 heavy (non-hydrogen) atoms. The number of aliphatic hydroxyl groups excluding tert-OH is 1. The number of aryl methyl sites for hydroxylation is 3. The largest absolute Gasteiger partial charge is 0.390 e. The van der Waals surface area contributed by atoms with Gasteiger partial charge in [-0.05, 0) is 20.8 Å². The van der Waals surface area contributed by atoms with Crippen molar-refractivity contribution in [2.24, 2.45) is 0 Å². The Morgan fingerprint density at radius 1 is 1.00 bits per heavy atom. The second kappa shape index (κ2) is 2.96. The third-order valence-electron chi connectivity index (χ3n) is 1.73. The Balaban J connectivity index is 3.21. The van der Waals surface area contributed by atoms with Gasteiger partial charge in [-0.1, -0.05) is 0 Å². The topological polar surface area (TPSA) is 46.0 Å². The van der Waals surface area contributed by atoms with Crippen LogP contribution in [0.4, 0.5) is 0 Å². The molecule has 0 atom stereocenters. The Morgan fingerprint density at radius 2 is 1.55 bits per heavy atom. The summed E-state index contributed by atoms with van der Waals surface area (Å²) in [6.45, 7) is 5.63. The van der Waals surface area contributed by atoms with Gasteiger partial charge in [0.2, 0.25) is 0 Å². The zero-order valence-electron chi connectivity index (χ0n) is 7.05. The lowest BCUT2D eigenvalue weighted by atomic mass is 10.3. The van der Waals surface area contributed by atoms with Crippen molar-refractivity contribution < 1.29 is 5.11 Å². The van der Waals surface area contributed by atoms with Gasteiger partial charge in [0.15, 0.2) is 0 Å². The van der Waals surface area contributed by atoms with Crippen LogP contribution in [0.25, 0.3) is 0 Å². The molecule has 0 saturated heterocycles. The first-order valence-electron chi connectivity index (χ1n) is 3.56. The monoisotopic (exact) mass is 152 g/mol. The highest BCUT2D eigenvalue weighted by Crippen LogP contribution is 2.05. The standard InChI is InChI=1S/C8H12N2O/c1-5-6(2)10-8(4-11)7(3)9-5/h11H,4H2,1-3H3. The van der Waals surface area contributed by atoms with Crippen molar-refractivity contribution in [1.29, 1.82) is 0 Å². The third-order valence-corrected chi connectivity index (χ3v) is 1.73. The lowest BCUT2D eigenvalue weighted by molar-refractivity contribution is 0.275. The molecule has 3 heteroatoms. The summed E-state index contributed by atoms with van der Waals surface area (Å²) in [7, 11) is 0. The zero-order valence-corrected chi connectivity index (χ0v) is 7.05. The molecular formula is C8H12N2O. The van der Waals surface area contributed by atoms with E-state index in [9.17, 15) is 0 Å². The molecule has 0 aromatic carbocycles. The van der Waals surface area contributed by atoms with E-state index in [2.05, 4.69) is 9.97 Å². The maximum absolute atomic E-state index is 8.83. The summed E-state index contributed by atoms with van der Waals surface area (Å²) < 4.78 is 0. The van der Waals surface area contributed by atoms with E-state index in [1.54, 1.807) is 0 Å². The Labute approximate surface area is 66.1 Å². The lowest BCUT2D eigenvalue weighted by Crippen LogP contribution is -2.01. The molecule has 0 aliphatic heterocycles. The van der Waals surface area contributed by atoms with Gasteiger partial charge in [0.1, 0.15) is 0 Å². The highest BCUT2D eigenvalue weighted by Gasteiger charge is 2.02. The van der Waals surface area contributed by atoms with Crippen LogP contribution < -0.4 is 0 Å². The summed E-state index contributed by atoms with van der Waals surface area (Å²) in [4.78, 5) is 8.40. The molecule has 0 radical (unpaired) electrons. The minimum atomic E-state index is -0.0278. The van der Waals surface area contributed by atoms with Gasteiger partial charge in [0.25, 0.3) is 0 Å². The average molecular weight is 152 g/mol. The van der Waals surface area contributed by atoms with Crippen molar-refractivity contribution in [2.45, 2.75) is 27.4 Å². The van der Waals surface area contributed by atoms with E-state index in [0.29, 0.717) is 5.69 Å². The van der Waals surface area contributed by atoms with Gasteiger partial charge in [0, 0.05) is 0 Å². The molecule has 1 heterocycles. The summed E-state index contributed by atoms with van der Waals surface area (Å²) in [5.41, 5.74) is 3.31. The van der Waals surface area contributed by atoms with Gasteiger partial charge >= 0.3 is 0 Å². The molecule has 0 aliphatic rings. The van der Waals surface area contributed by atoms with Crippen LogP contribution in [0.1, 0.15) is 22.8 Å². The minimum absolute atomic E-state index is 0.0278. The van der Waals surface area contributed by atoms with Gasteiger partial charge in [-0.3, -0.25) is 9.97 Å². The summed E-state index contributed by atoms with van der Waals surface area (Å²) in [6, 6.07) is 0. The van der Waals surface area contributed by atoms with E-state index in [0.717, 1.165) is 17.1 Å². The van der Waals surface area contributed by atoms with Crippen LogP contribution in [0.15, 0.2) is 0 Å². The fourth-order valence-corrected chi connectivity index (χ4v) is 0.911. The van der Waals surface area contributed by atoms with Gasteiger partial charge in [-0.25, -0.2) is 0 Å². The Morgan fingerprint density at radius 3 is 2.09 bits per heavy atom. The number of hydrogen-bond acceptors (Lipinski definition) is 3. The second-order valence-electron chi connectivity index (χ2n) is 2.58. The van der Waals surface area contributed by atoms with Crippen LogP contribution in [0.3, 0.4) is 0 Å². The summed E-state index contributed by atoms with van der Waals surface area (Å²) in [5, 5.41) is 8.83. The van der Waals surface area contributed by atoms with E-state index in [4.69, 9.17) is 5.11 Å². The minimum Gasteiger partial charge on any atom is -0.390 e. The van der Waals surface area contributed by atoms with E-state index in [-0.39, 0.29) is 6.61 Å². The molecule has 60 valence electrons. The first kappa shape index (κ1) is 8.14. The van der Waals surface area contributed by atoms with Crippen LogP contribution in [0.2, 0.25) is 0 Å². The molecular weight excluding hydrogens is 140 g/mol. The highest BCUT2D eigenvalue weighted by molar-refractivity contribution is 5.16. The molecule has 1 N–H and O–H groups in total. The molecule has 0 spiro atoms. The molecule has 3 nitrogen and oxygen atoms in total. The number of hydrogen-bond donors (Lipinski definition) is 1. The maximum atomic E-state index is 8.83. The average Bonchev–Trinajstić information content (AvgIpc) is 1.97. The molecule has 0 aliphatic carbocycles. The van der Waals surface area contributed by atoms with Crippen LogP contribution in [0, 0.1) is 20.8 Å². The van der Waals surface area contributed by atoms with E-state index < -0.39 is 0 Å². The Bertz CT molecular complexity index is 271. The first-order valence-corrected chi connectivity index (χ1v) is 3.56. The van der Waals surface area contributed by atoms with Crippen LogP contribution in [-0.4, -0.2) is 15.1 Å². The number of aliphatic hydroxyl groups is 1. The highest BCUT2D eigenvalue weighted by atomic mass is 16.3. The maximum Gasteiger partial charge on any atom is 0.0873 e. The SMILES string of the molecule is Cc1nc(C)c(CO)nc1C. The van der Waals surface area contributed by atoms with Crippen LogP contribution >= 0.6 is 0 Å². The lowest BCUT2D eigenvalue weighted by Gasteiger charge is -2.04. The summed E-state index contributed by atoms with van der Waals surface area (Å²) in [5.74, 6) is 0. The van der Waals surface area contributed by atoms with Crippen molar-refractivity contribution in [1.82, 2.24) is 9.97 Å². The van der Waals surface area contributed by atoms with E-state index in [1.807, 2.05) is 20.8 Å². The molecule has 0 amide bonds. The van der Waals surface area contributed by atoms with Crippen LogP contribution in [-0.2, 0) is 6.61 Å². The normalized spacial score (nSPS) is 10.2. The molecule has 1 aromatic rings. The molecule has 1 rings (SSSR count). The van der Waals surface area contributed by atoms with Gasteiger partial charge in [-0.15, -0.1) is 0 Å². The first-order chi connectivity index (χ1) is 5.15.